The molecule has 0 saturated heterocycles. The fourth-order valence-corrected chi connectivity index (χ4v) is 5.21. The zero-order valence-electron chi connectivity index (χ0n) is 19.5. The van der Waals surface area contributed by atoms with Crippen molar-refractivity contribution in [2.45, 2.75) is 57.3 Å². The number of anilines is 1. The van der Waals surface area contributed by atoms with Gasteiger partial charge in [-0.25, -0.2) is 18.7 Å². The molecule has 1 heterocycles. The summed E-state index contributed by atoms with van der Waals surface area (Å²) in [5.74, 6) is -2.22. The number of alkyl halides is 3. The number of hydrogen-bond donors (Lipinski definition) is 2. The van der Waals surface area contributed by atoms with Crippen LogP contribution in [0.2, 0.25) is 5.02 Å². The van der Waals surface area contributed by atoms with Crippen LogP contribution in [0.1, 0.15) is 48.8 Å². The third kappa shape index (κ3) is 3.87. The van der Waals surface area contributed by atoms with E-state index in [9.17, 15) is 27.1 Å². The molecule has 4 rings (SSSR count). The average Bonchev–Trinajstić information content (AvgIpc) is 2.74. The number of halogens is 6. The van der Waals surface area contributed by atoms with Gasteiger partial charge in [0.25, 0.3) is 0 Å². The molecule has 35 heavy (non-hydrogen) atoms. The first-order chi connectivity index (χ1) is 16.1. The van der Waals surface area contributed by atoms with Crippen molar-refractivity contribution in [1.82, 2.24) is 9.97 Å². The quantitative estimate of drug-likeness (QED) is 0.400. The van der Waals surface area contributed by atoms with E-state index >= 15 is 0 Å². The molecule has 2 atom stereocenters. The topological polar surface area (TPSA) is 67.3 Å². The van der Waals surface area contributed by atoms with Crippen molar-refractivity contribution in [2.24, 2.45) is 0 Å². The second-order valence-electron chi connectivity index (χ2n) is 9.46. The Balaban J connectivity index is 2.04. The molecule has 0 saturated carbocycles. The standard InChI is InChI=1S/C24H23ClF5N3O2/c1-10-6-12-16(20(35-5)17(10)25)22(3,4)9-23(34,24(28,29)30)21(12)33-15-7-14(26)18(27)19-13(15)8-31-11(2)32-19/h6-8,21,33-34H,9H2,1-5H3. The number of fused-ring (bicyclic) bond motifs is 2. The monoisotopic (exact) mass is 515 g/mol. The molecule has 2 unspecified atom stereocenters. The van der Waals surface area contributed by atoms with Crippen LogP contribution in [-0.4, -0.2) is 34.0 Å². The molecule has 188 valence electrons. The third-order valence-corrected chi connectivity index (χ3v) is 6.96. The van der Waals surface area contributed by atoms with Crippen molar-refractivity contribution in [2.75, 3.05) is 12.4 Å². The first kappa shape index (κ1) is 25.4. The van der Waals surface area contributed by atoms with Gasteiger partial charge in [-0.1, -0.05) is 31.5 Å². The summed E-state index contributed by atoms with van der Waals surface area (Å²) in [6, 6.07) is 0.356. The average molecular weight is 516 g/mol. The molecule has 1 aromatic heterocycles. The number of benzene rings is 2. The van der Waals surface area contributed by atoms with E-state index in [2.05, 4.69) is 15.3 Å². The van der Waals surface area contributed by atoms with E-state index < -0.39 is 46.8 Å². The molecule has 0 aliphatic heterocycles. The van der Waals surface area contributed by atoms with Crippen LogP contribution in [0, 0.1) is 25.5 Å². The van der Waals surface area contributed by atoms with Crippen molar-refractivity contribution in [3.8, 4) is 5.75 Å². The fourth-order valence-electron chi connectivity index (χ4n) is 4.98. The molecule has 1 aliphatic carbocycles. The minimum absolute atomic E-state index is 0.0388. The highest BCUT2D eigenvalue weighted by atomic mass is 35.5. The lowest BCUT2D eigenvalue weighted by Crippen LogP contribution is -2.58. The Labute approximate surface area is 203 Å². The molecular weight excluding hydrogens is 493 g/mol. The summed E-state index contributed by atoms with van der Waals surface area (Å²) in [4.78, 5) is 7.88. The van der Waals surface area contributed by atoms with Gasteiger partial charge in [0.2, 0.25) is 0 Å². The first-order valence-electron chi connectivity index (χ1n) is 10.7. The van der Waals surface area contributed by atoms with Crippen LogP contribution in [0.15, 0.2) is 18.3 Å². The third-order valence-electron chi connectivity index (χ3n) is 6.49. The molecule has 2 N–H and O–H groups in total. The zero-order chi connectivity index (χ0) is 26.1. The number of ether oxygens (including phenoxy) is 1. The number of aryl methyl sites for hydroxylation is 2. The van der Waals surface area contributed by atoms with Gasteiger partial charge < -0.3 is 15.2 Å². The Bertz CT molecular complexity index is 1350. The highest BCUT2D eigenvalue weighted by molar-refractivity contribution is 6.33. The van der Waals surface area contributed by atoms with Crippen LogP contribution in [0.5, 0.6) is 5.75 Å². The normalized spacial score (nSPS) is 21.7. The molecule has 0 radical (unpaired) electrons. The van der Waals surface area contributed by atoms with Gasteiger partial charge in [0, 0.05) is 28.9 Å². The second-order valence-corrected chi connectivity index (χ2v) is 9.84. The fraction of sp³-hybridized carbons (Fsp3) is 0.417. The largest absolute Gasteiger partial charge is 0.495 e. The Hall–Kier alpha value is -2.72. The molecule has 0 fully saturated rings. The van der Waals surface area contributed by atoms with Gasteiger partial charge in [0.15, 0.2) is 17.2 Å². The lowest BCUT2D eigenvalue weighted by atomic mass is 9.63. The number of nitrogens with zero attached hydrogens (tertiary/aromatic N) is 2. The van der Waals surface area contributed by atoms with Crippen molar-refractivity contribution in [1.29, 1.82) is 0 Å². The summed E-state index contributed by atoms with van der Waals surface area (Å²) in [6.07, 6.45) is -4.64. The zero-order valence-corrected chi connectivity index (χ0v) is 20.3. The smallest absolute Gasteiger partial charge is 0.419 e. The van der Waals surface area contributed by atoms with E-state index in [0.29, 0.717) is 11.1 Å². The maximum Gasteiger partial charge on any atom is 0.419 e. The summed E-state index contributed by atoms with van der Waals surface area (Å²) in [7, 11) is 1.35. The van der Waals surface area contributed by atoms with E-state index in [-0.39, 0.29) is 33.2 Å². The predicted molar refractivity (Wildman–Crippen MR) is 122 cm³/mol. The lowest BCUT2D eigenvalue weighted by Gasteiger charge is -2.49. The molecule has 3 aromatic rings. The molecule has 0 bridgehead atoms. The van der Waals surface area contributed by atoms with Crippen molar-refractivity contribution >= 4 is 28.2 Å². The molecular formula is C24H23ClF5N3O2. The van der Waals surface area contributed by atoms with Crippen LogP contribution in [0.25, 0.3) is 10.9 Å². The lowest BCUT2D eigenvalue weighted by molar-refractivity contribution is -0.275. The van der Waals surface area contributed by atoms with Gasteiger partial charge in [-0.3, -0.25) is 0 Å². The van der Waals surface area contributed by atoms with Gasteiger partial charge >= 0.3 is 6.18 Å². The van der Waals surface area contributed by atoms with Crippen molar-refractivity contribution in [3.05, 3.63) is 57.5 Å². The van der Waals surface area contributed by atoms with Crippen LogP contribution >= 0.6 is 11.6 Å². The second kappa shape index (κ2) is 8.16. The van der Waals surface area contributed by atoms with Gasteiger partial charge in [-0.15, -0.1) is 0 Å². The van der Waals surface area contributed by atoms with E-state index in [1.165, 1.54) is 26.3 Å². The predicted octanol–water partition coefficient (Wildman–Crippen LogP) is 6.31. The van der Waals surface area contributed by atoms with E-state index in [4.69, 9.17) is 16.3 Å². The number of hydrogen-bond acceptors (Lipinski definition) is 5. The Kier molecular flexibility index (Phi) is 5.92. The maximum atomic E-state index is 14.5. The SMILES string of the molecule is COc1c(Cl)c(C)cc2c1C(C)(C)CC(O)(C(F)(F)F)C2Nc1cc(F)c(F)c2nc(C)ncc12. The summed E-state index contributed by atoms with van der Waals surface area (Å²) in [5.41, 5.74) is -4.22. The van der Waals surface area contributed by atoms with Crippen LogP contribution in [0.4, 0.5) is 27.6 Å². The molecule has 0 amide bonds. The molecule has 5 nitrogen and oxygen atoms in total. The number of methoxy groups -OCH3 is 1. The van der Waals surface area contributed by atoms with Crippen molar-refractivity contribution in [3.63, 3.8) is 0 Å². The minimum atomic E-state index is -5.08. The highest BCUT2D eigenvalue weighted by Crippen LogP contribution is 2.58. The summed E-state index contributed by atoms with van der Waals surface area (Å²) in [5, 5.41) is 14.1. The van der Waals surface area contributed by atoms with Gasteiger partial charge in [0.05, 0.1) is 18.2 Å². The van der Waals surface area contributed by atoms with Gasteiger partial charge in [0.1, 0.15) is 17.1 Å². The minimum Gasteiger partial charge on any atom is -0.495 e. The summed E-state index contributed by atoms with van der Waals surface area (Å²) in [6.45, 7) is 6.17. The number of rotatable bonds is 3. The van der Waals surface area contributed by atoms with Crippen LogP contribution < -0.4 is 10.1 Å². The Morgan fingerprint density at radius 1 is 1.20 bits per heavy atom. The highest BCUT2D eigenvalue weighted by Gasteiger charge is 2.64. The van der Waals surface area contributed by atoms with E-state index in [1.807, 2.05) is 0 Å². The van der Waals surface area contributed by atoms with Crippen LogP contribution in [-0.2, 0) is 5.41 Å². The number of aromatic nitrogens is 2. The molecule has 1 aliphatic rings. The number of aliphatic hydroxyl groups is 1. The number of nitrogens with one attached hydrogen (secondary N) is 1. The van der Waals surface area contributed by atoms with Gasteiger partial charge in [-0.2, -0.15) is 13.2 Å². The summed E-state index contributed by atoms with van der Waals surface area (Å²) < 4.78 is 77.9. The maximum absolute atomic E-state index is 14.5. The van der Waals surface area contributed by atoms with E-state index in [1.54, 1.807) is 20.8 Å². The first-order valence-corrected chi connectivity index (χ1v) is 11.0. The molecule has 2 aromatic carbocycles. The molecule has 0 spiro atoms. The summed E-state index contributed by atoms with van der Waals surface area (Å²) >= 11 is 6.42. The van der Waals surface area contributed by atoms with Crippen molar-refractivity contribution < 1.29 is 31.8 Å². The Morgan fingerprint density at radius 2 is 1.86 bits per heavy atom. The van der Waals surface area contributed by atoms with Crippen LogP contribution in [0.3, 0.4) is 0 Å². The molecule has 11 heteroatoms. The van der Waals surface area contributed by atoms with Gasteiger partial charge in [-0.05, 0) is 36.8 Å². The Morgan fingerprint density at radius 3 is 2.46 bits per heavy atom. The van der Waals surface area contributed by atoms with E-state index in [0.717, 1.165) is 6.07 Å².